The van der Waals surface area contributed by atoms with E-state index in [2.05, 4.69) is 10.2 Å². The van der Waals surface area contributed by atoms with Crippen LogP contribution < -0.4 is 11.1 Å². The highest BCUT2D eigenvalue weighted by Crippen LogP contribution is 2.09. The molecule has 0 radical (unpaired) electrons. The van der Waals surface area contributed by atoms with Gasteiger partial charge in [0, 0.05) is 32.3 Å². The summed E-state index contributed by atoms with van der Waals surface area (Å²) in [7, 11) is 0. The summed E-state index contributed by atoms with van der Waals surface area (Å²) in [6.07, 6.45) is 2.83. The molecule has 0 unspecified atom stereocenters. The molecule has 1 amide bonds. The Balaban J connectivity index is 2.14. The molecule has 18 heavy (non-hydrogen) atoms. The van der Waals surface area contributed by atoms with Gasteiger partial charge in [0.1, 0.15) is 6.61 Å². The van der Waals surface area contributed by atoms with Gasteiger partial charge < -0.3 is 15.8 Å². The number of piperidine rings is 1. The van der Waals surface area contributed by atoms with Crippen molar-refractivity contribution in [2.45, 2.75) is 32.2 Å². The van der Waals surface area contributed by atoms with Crippen molar-refractivity contribution in [2.24, 2.45) is 5.73 Å². The van der Waals surface area contributed by atoms with Gasteiger partial charge in [-0.05, 0) is 19.3 Å². The topological polar surface area (TPSA) is 67.6 Å². The Morgan fingerprint density at radius 3 is 2.72 bits per heavy atom. The smallest absolute Gasteiger partial charge is 0.246 e. The van der Waals surface area contributed by atoms with E-state index in [1.165, 1.54) is 0 Å². The molecule has 1 heterocycles. The molecule has 1 rings (SSSR count). The predicted octanol–water partition coefficient (Wildman–Crippen LogP) is 0.280. The van der Waals surface area contributed by atoms with Gasteiger partial charge in [-0.25, -0.2) is 0 Å². The van der Waals surface area contributed by atoms with Gasteiger partial charge >= 0.3 is 0 Å². The van der Waals surface area contributed by atoms with E-state index in [9.17, 15) is 4.79 Å². The molecule has 0 aromatic rings. The molecule has 0 aromatic carbocycles. The number of ether oxygens (including phenoxy) is 1. The highest BCUT2D eigenvalue weighted by molar-refractivity contribution is 7.80. The minimum atomic E-state index is -0.0174. The molecule has 0 spiro atoms. The molecule has 0 aliphatic carbocycles. The summed E-state index contributed by atoms with van der Waals surface area (Å²) in [5.41, 5.74) is 5.51. The van der Waals surface area contributed by atoms with Crippen molar-refractivity contribution in [2.75, 3.05) is 32.8 Å². The van der Waals surface area contributed by atoms with Crippen molar-refractivity contribution in [3.63, 3.8) is 0 Å². The maximum Gasteiger partial charge on any atom is 0.246 e. The summed E-state index contributed by atoms with van der Waals surface area (Å²) in [6, 6.07) is 0.255. The summed E-state index contributed by atoms with van der Waals surface area (Å²) in [5.74, 6) is -0.0174. The Bertz CT molecular complexity index is 278. The van der Waals surface area contributed by atoms with Crippen LogP contribution >= 0.6 is 12.2 Å². The van der Waals surface area contributed by atoms with E-state index >= 15 is 0 Å². The Kier molecular flexibility index (Phi) is 7.15. The number of rotatable bonds is 7. The number of nitrogens with one attached hydrogen (secondary N) is 1. The third kappa shape index (κ3) is 6.28. The van der Waals surface area contributed by atoms with Crippen molar-refractivity contribution >= 4 is 23.1 Å². The second kappa shape index (κ2) is 8.39. The van der Waals surface area contributed by atoms with Crippen LogP contribution in [-0.4, -0.2) is 54.7 Å². The lowest BCUT2D eigenvalue weighted by molar-refractivity contribution is -0.126. The Morgan fingerprint density at radius 1 is 1.50 bits per heavy atom. The standard InChI is InChI=1S/C12H23N3O2S/c1-2-7-17-9-12(16)14-10-3-5-15(6-4-10)8-11(13)18/h10H,2-9H2,1H3,(H2,13,18)(H,14,16). The molecule has 104 valence electrons. The van der Waals surface area contributed by atoms with Crippen molar-refractivity contribution < 1.29 is 9.53 Å². The van der Waals surface area contributed by atoms with Crippen molar-refractivity contribution in [3.05, 3.63) is 0 Å². The van der Waals surface area contributed by atoms with Crippen LogP contribution in [0.5, 0.6) is 0 Å². The van der Waals surface area contributed by atoms with Gasteiger partial charge in [0.25, 0.3) is 0 Å². The fourth-order valence-electron chi connectivity index (χ4n) is 2.03. The largest absolute Gasteiger partial charge is 0.392 e. The predicted molar refractivity (Wildman–Crippen MR) is 75.5 cm³/mol. The first-order valence-corrected chi connectivity index (χ1v) is 6.90. The molecule has 1 aliphatic rings. The van der Waals surface area contributed by atoms with Gasteiger partial charge in [-0.3, -0.25) is 9.69 Å². The average molecular weight is 273 g/mol. The molecule has 1 fully saturated rings. The fourth-order valence-corrected chi connectivity index (χ4v) is 2.22. The second-order valence-electron chi connectivity index (χ2n) is 4.64. The SMILES string of the molecule is CCCOCC(=O)NC1CCN(CC(N)=S)CC1. The number of thiocarbonyl (C=S) groups is 1. The van der Waals surface area contributed by atoms with Gasteiger partial charge in [-0.1, -0.05) is 19.1 Å². The van der Waals surface area contributed by atoms with Gasteiger partial charge in [-0.2, -0.15) is 0 Å². The molecule has 1 aliphatic heterocycles. The van der Waals surface area contributed by atoms with Crippen LogP contribution in [0.2, 0.25) is 0 Å². The van der Waals surface area contributed by atoms with Crippen LogP contribution in [0.1, 0.15) is 26.2 Å². The van der Waals surface area contributed by atoms with E-state index in [0.29, 0.717) is 18.1 Å². The zero-order valence-corrected chi connectivity index (χ0v) is 11.8. The van der Waals surface area contributed by atoms with E-state index in [4.69, 9.17) is 22.7 Å². The van der Waals surface area contributed by atoms with Gasteiger partial charge in [0.05, 0.1) is 4.99 Å². The number of hydrogen-bond acceptors (Lipinski definition) is 4. The van der Waals surface area contributed by atoms with Gasteiger partial charge in [0.2, 0.25) is 5.91 Å². The average Bonchev–Trinajstić information content (AvgIpc) is 2.31. The fraction of sp³-hybridized carbons (Fsp3) is 0.833. The number of hydrogen-bond donors (Lipinski definition) is 2. The Labute approximate surface area is 114 Å². The first-order chi connectivity index (χ1) is 8.61. The van der Waals surface area contributed by atoms with Crippen molar-refractivity contribution in [1.82, 2.24) is 10.2 Å². The number of carbonyl (C=O) groups excluding carboxylic acids is 1. The van der Waals surface area contributed by atoms with Crippen molar-refractivity contribution in [3.8, 4) is 0 Å². The molecular weight excluding hydrogens is 250 g/mol. The molecule has 5 nitrogen and oxygen atoms in total. The van der Waals surface area contributed by atoms with E-state index in [1.807, 2.05) is 6.92 Å². The summed E-state index contributed by atoms with van der Waals surface area (Å²) in [6.45, 7) is 5.36. The van der Waals surface area contributed by atoms with Crippen LogP contribution in [0.25, 0.3) is 0 Å². The summed E-state index contributed by atoms with van der Waals surface area (Å²) < 4.78 is 5.20. The van der Waals surface area contributed by atoms with Crippen LogP contribution in [0.15, 0.2) is 0 Å². The van der Waals surface area contributed by atoms with Gasteiger partial charge in [0.15, 0.2) is 0 Å². The van der Waals surface area contributed by atoms with E-state index in [1.54, 1.807) is 0 Å². The summed E-state index contributed by atoms with van der Waals surface area (Å²) in [5, 5.41) is 3.00. The van der Waals surface area contributed by atoms with Gasteiger partial charge in [-0.15, -0.1) is 0 Å². The minimum Gasteiger partial charge on any atom is -0.392 e. The van der Waals surface area contributed by atoms with Crippen molar-refractivity contribution in [1.29, 1.82) is 0 Å². The summed E-state index contributed by atoms with van der Waals surface area (Å²) >= 11 is 4.88. The van der Waals surface area contributed by atoms with E-state index in [0.717, 1.165) is 32.4 Å². The number of amides is 1. The first kappa shape index (κ1) is 15.3. The Morgan fingerprint density at radius 2 is 2.17 bits per heavy atom. The lowest BCUT2D eigenvalue weighted by Crippen LogP contribution is -2.47. The third-order valence-corrected chi connectivity index (χ3v) is 3.04. The number of nitrogens with two attached hydrogens (primary N) is 1. The second-order valence-corrected chi connectivity index (χ2v) is 5.16. The first-order valence-electron chi connectivity index (χ1n) is 6.49. The zero-order valence-electron chi connectivity index (χ0n) is 11.0. The molecule has 1 saturated heterocycles. The molecule has 0 bridgehead atoms. The Hall–Kier alpha value is -0.720. The highest BCUT2D eigenvalue weighted by Gasteiger charge is 2.20. The summed E-state index contributed by atoms with van der Waals surface area (Å²) in [4.78, 5) is 14.3. The molecular formula is C12H23N3O2S. The lowest BCUT2D eigenvalue weighted by atomic mass is 10.1. The maximum atomic E-state index is 11.6. The minimum absolute atomic E-state index is 0.0174. The van der Waals surface area contributed by atoms with E-state index in [-0.39, 0.29) is 18.6 Å². The van der Waals surface area contributed by atoms with E-state index < -0.39 is 0 Å². The quantitative estimate of drug-likeness (QED) is 0.515. The van der Waals surface area contributed by atoms with Crippen LogP contribution in [0.4, 0.5) is 0 Å². The number of likely N-dealkylation sites (tertiary alicyclic amines) is 1. The third-order valence-electron chi connectivity index (χ3n) is 2.91. The van der Waals surface area contributed by atoms with Crippen LogP contribution in [0.3, 0.4) is 0 Å². The molecule has 0 atom stereocenters. The molecule has 6 heteroatoms. The lowest BCUT2D eigenvalue weighted by Gasteiger charge is -2.31. The maximum absolute atomic E-state index is 11.6. The monoisotopic (exact) mass is 273 g/mol. The normalized spacial score (nSPS) is 17.6. The highest BCUT2D eigenvalue weighted by atomic mass is 32.1. The zero-order chi connectivity index (χ0) is 13.4. The molecule has 0 saturated carbocycles. The van der Waals surface area contributed by atoms with Crippen LogP contribution in [0, 0.1) is 0 Å². The molecule has 0 aromatic heterocycles. The number of nitrogens with zero attached hydrogens (tertiary/aromatic N) is 1. The van der Waals surface area contributed by atoms with Crippen LogP contribution in [-0.2, 0) is 9.53 Å². The number of carbonyl (C=O) groups is 1. The molecule has 3 N–H and O–H groups in total.